The van der Waals surface area contributed by atoms with E-state index in [2.05, 4.69) is 42.4 Å². The normalized spacial score (nSPS) is 16.1. The first kappa shape index (κ1) is 16.2. The zero-order chi connectivity index (χ0) is 14.9. The lowest BCUT2D eigenvalue weighted by Gasteiger charge is -2.31. The zero-order valence-corrected chi connectivity index (χ0v) is 13.6. The average Bonchev–Trinajstić information content (AvgIpc) is 2.54. The molecule has 1 saturated carbocycles. The first-order chi connectivity index (χ1) is 10.3. The SMILES string of the molecule is CCCOc1cccc(NCCN(C)C2CCCCC2)c1. The molecule has 118 valence electrons. The quantitative estimate of drug-likeness (QED) is 0.778. The van der Waals surface area contributed by atoms with Gasteiger partial charge in [0, 0.05) is 30.9 Å². The Balaban J connectivity index is 1.72. The van der Waals surface area contributed by atoms with Crippen molar-refractivity contribution in [1.82, 2.24) is 4.90 Å². The van der Waals surface area contributed by atoms with E-state index in [0.29, 0.717) is 0 Å². The molecule has 1 aliphatic rings. The molecule has 0 amide bonds. The standard InChI is InChI=1S/C18H30N2O/c1-3-14-21-18-11-7-8-16(15-18)19-12-13-20(2)17-9-5-4-6-10-17/h7-8,11,15,17,19H,3-6,9-10,12-14H2,1-2H3. The highest BCUT2D eigenvalue weighted by Gasteiger charge is 2.17. The topological polar surface area (TPSA) is 24.5 Å². The van der Waals surface area contributed by atoms with Gasteiger partial charge >= 0.3 is 0 Å². The van der Waals surface area contributed by atoms with Gasteiger partial charge in [-0.25, -0.2) is 0 Å². The number of rotatable bonds is 8. The summed E-state index contributed by atoms with van der Waals surface area (Å²) in [6, 6.07) is 9.07. The monoisotopic (exact) mass is 290 g/mol. The fourth-order valence-corrected chi connectivity index (χ4v) is 3.00. The smallest absolute Gasteiger partial charge is 0.121 e. The van der Waals surface area contributed by atoms with Gasteiger partial charge in [-0.2, -0.15) is 0 Å². The van der Waals surface area contributed by atoms with Crippen LogP contribution in [0.5, 0.6) is 5.75 Å². The van der Waals surface area contributed by atoms with Crippen LogP contribution in [0.3, 0.4) is 0 Å². The van der Waals surface area contributed by atoms with E-state index in [0.717, 1.165) is 43.6 Å². The highest BCUT2D eigenvalue weighted by molar-refractivity contribution is 5.48. The molecular formula is C18H30N2O. The number of hydrogen-bond acceptors (Lipinski definition) is 3. The van der Waals surface area contributed by atoms with Crippen LogP contribution in [0.2, 0.25) is 0 Å². The molecule has 1 aliphatic carbocycles. The fraction of sp³-hybridized carbons (Fsp3) is 0.667. The number of ether oxygens (including phenoxy) is 1. The van der Waals surface area contributed by atoms with E-state index in [1.54, 1.807) is 0 Å². The van der Waals surface area contributed by atoms with Gasteiger partial charge in [0.1, 0.15) is 5.75 Å². The number of nitrogens with one attached hydrogen (secondary N) is 1. The molecule has 0 aromatic heterocycles. The summed E-state index contributed by atoms with van der Waals surface area (Å²) in [5.41, 5.74) is 1.15. The maximum absolute atomic E-state index is 5.67. The molecule has 0 spiro atoms. The molecule has 0 bridgehead atoms. The van der Waals surface area contributed by atoms with Gasteiger partial charge in [0.15, 0.2) is 0 Å². The predicted octanol–water partition coefficient (Wildman–Crippen LogP) is 4.15. The van der Waals surface area contributed by atoms with E-state index >= 15 is 0 Å². The Bertz CT molecular complexity index is 402. The molecule has 0 saturated heterocycles. The van der Waals surface area contributed by atoms with Crippen LogP contribution in [0.1, 0.15) is 45.4 Å². The second-order valence-electron chi connectivity index (χ2n) is 6.08. The van der Waals surface area contributed by atoms with Crippen LogP contribution in [-0.2, 0) is 0 Å². The van der Waals surface area contributed by atoms with E-state index in [4.69, 9.17) is 4.74 Å². The lowest BCUT2D eigenvalue weighted by Crippen LogP contribution is -2.36. The highest BCUT2D eigenvalue weighted by Crippen LogP contribution is 2.21. The molecule has 1 N–H and O–H groups in total. The van der Waals surface area contributed by atoms with E-state index in [-0.39, 0.29) is 0 Å². The van der Waals surface area contributed by atoms with Gasteiger partial charge in [-0.15, -0.1) is 0 Å². The van der Waals surface area contributed by atoms with Crippen LogP contribution in [0.25, 0.3) is 0 Å². The Kier molecular flexibility index (Phi) is 6.87. The van der Waals surface area contributed by atoms with Gasteiger partial charge in [-0.05, 0) is 38.4 Å². The van der Waals surface area contributed by atoms with Gasteiger partial charge in [0.2, 0.25) is 0 Å². The largest absolute Gasteiger partial charge is 0.494 e. The Labute approximate surface area is 129 Å². The van der Waals surface area contributed by atoms with Crippen molar-refractivity contribution in [2.24, 2.45) is 0 Å². The highest BCUT2D eigenvalue weighted by atomic mass is 16.5. The molecule has 1 fully saturated rings. The Morgan fingerprint density at radius 1 is 1.24 bits per heavy atom. The van der Waals surface area contributed by atoms with E-state index in [1.165, 1.54) is 32.1 Å². The molecule has 0 radical (unpaired) electrons. The van der Waals surface area contributed by atoms with Crippen molar-refractivity contribution in [2.45, 2.75) is 51.5 Å². The molecule has 21 heavy (non-hydrogen) atoms. The molecule has 1 aromatic rings. The lowest BCUT2D eigenvalue weighted by atomic mass is 9.94. The molecular weight excluding hydrogens is 260 g/mol. The summed E-state index contributed by atoms with van der Waals surface area (Å²) in [7, 11) is 2.26. The molecule has 0 heterocycles. The van der Waals surface area contributed by atoms with Gasteiger partial charge in [0.25, 0.3) is 0 Å². The number of nitrogens with zero attached hydrogens (tertiary/aromatic N) is 1. The Morgan fingerprint density at radius 2 is 2.05 bits per heavy atom. The number of hydrogen-bond donors (Lipinski definition) is 1. The van der Waals surface area contributed by atoms with Crippen molar-refractivity contribution in [3.05, 3.63) is 24.3 Å². The van der Waals surface area contributed by atoms with Crippen molar-refractivity contribution in [1.29, 1.82) is 0 Å². The Hall–Kier alpha value is -1.22. The molecule has 0 atom stereocenters. The van der Waals surface area contributed by atoms with Gasteiger partial charge in [-0.3, -0.25) is 0 Å². The summed E-state index contributed by atoms with van der Waals surface area (Å²) in [5, 5.41) is 3.51. The van der Waals surface area contributed by atoms with Gasteiger partial charge < -0.3 is 15.0 Å². The second kappa shape index (κ2) is 8.93. The van der Waals surface area contributed by atoms with Crippen LogP contribution < -0.4 is 10.1 Å². The number of likely N-dealkylation sites (N-methyl/N-ethyl adjacent to an activating group) is 1. The van der Waals surface area contributed by atoms with E-state index in [9.17, 15) is 0 Å². The number of anilines is 1. The Morgan fingerprint density at radius 3 is 2.81 bits per heavy atom. The third-order valence-electron chi connectivity index (χ3n) is 4.30. The van der Waals surface area contributed by atoms with E-state index < -0.39 is 0 Å². The maximum Gasteiger partial charge on any atom is 0.121 e. The van der Waals surface area contributed by atoms with Gasteiger partial charge in [-0.1, -0.05) is 32.3 Å². The molecule has 3 nitrogen and oxygen atoms in total. The lowest BCUT2D eigenvalue weighted by molar-refractivity contribution is 0.198. The number of benzene rings is 1. The minimum atomic E-state index is 0.786. The zero-order valence-electron chi connectivity index (χ0n) is 13.6. The molecule has 1 aromatic carbocycles. The van der Waals surface area contributed by atoms with Crippen LogP contribution >= 0.6 is 0 Å². The van der Waals surface area contributed by atoms with Crippen LogP contribution in [0.4, 0.5) is 5.69 Å². The first-order valence-corrected chi connectivity index (χ1v) is 8.46. The molecule has 2 rings (SSSR count). The maximum atomic E-state index is 5.67. The van der Waals surface area contributed by atoms with Crippen molar-refractivity contribution in [3.63, 3.8) is 0 Å². The van der Waals surface area contributed by atoms with Crippen LogP contribution in [-0.4, -0.2) is 37.7 Å². The molecule has 0 aliphatic heterocycles. The predicted molar refractivity (Wildman–Crippen MR) is 90.2 cm³/mol. The van der Waals surface area contributed by atoms with E-state index in [1.807, 2.05) is 6.07 Å². The molecule has 0 unspecified atom stereocenters. The minimum absolute atomic E-state index is 0.786. The van der Waals surface area contributed by atoms with Crippen molar-refractivity contribution in [2.75, 3.05) is 32.1 Å². The minimum Gasteiger partial charge on any atom is -0.494 e. The second-order valence-corrected chi connectivity index (χ2v) is 6.08. The summed E-state index contributed by atoms with van der Waals surface area (Å²) in [6.07, 6.45) is 8.02. The molecule has 3 heteroatoms. The summed E-state index contributed by atoms with van der Waals surface area (Å²) in [6.45, 7) is 5.01. The summed E-state index contributed by atoms with van der Waals surface area (Å²) >= 11 is 0. The summed E-state index contributed by atoms with van der Waals surface area (Å²) in [4.78, 5) is 2.52. The van der Waals surface area contributed by atoms with Gasteiger partial charge in [0.05, 0.1) is 6.61 Å². The summed E-state index contributed by atoms with van der Waals surface area (Å²) in [5.74, 6) is 0.961. The average molecular weight is 290 g/mol. The van der Waals surface area contributed by atoms with Crippen LogP contribution in [0, 0.1) is 0 Å². The van der Waals surface area contributed by atoms with Crippen molar-refractivity contribution in [3.8, 4) is 5.75 Å². The van der Waals surface area contributed by atoms with Crippen LogP contribution in [0.15, 0.2) is 24.3 Å². The van der Waals surface area contributed by atoms with Crippen molar-refractivity contribution >= 4 is 5.69 Å². The summed E-state index contributed by atoms with van der Waals surface area (Å²) < 4.78 is 5.67. The third kappa shape index (κ3) is 5.58. The first-order valence-electron chi connectivity index (χ1n) is 8.46. The fourth-order valence-electron chi connectivity index (χ4n) is 3.00. The van der Waals surface area contributed by atoms with Crippen molar-refractivity contribution < 1.29 is 4.74 Å². The third-order valence-corrected chi connectivity index (χ3v) is 4.30.